The first-order chi connectivity index (χ1) is 12.6. The van der Waals surface area contributed by atoms with Gasteiger partial charge in [-0.3, -0.25) is 4.79 Å². The highest BCUT2D eigenvalue weighted by molar-refractivity contribution is 5.85. The predicted octanol–water partition coefficient (Wildman–Crippen LogP) is 2.96. The molecule has 3 nitrogen and oxygen atoms in total. The van der Waals surface area contributed by atoms with Gasteiger partial charge in [0.05, 0.1) is 5.41 Å². The van der Waals surface area contributed by atoms with E-state index >= 15 is 0 Å². The van der Waals surface area contributed by atoms with Gasteiger partial charge in [0, 0.05) is 37.0 Å². The lowest BCUT2D eigenvalue weighted by Gasteiger charge is -2.59. The molecule has 1 aromatic rings. The van der Waals surface area contributed by atoms with Crippen LogP contribution < -0.4 is 5.32 Å². The number of hydrogen-bond donors (Lipinski definition) is 1. The fourth-order valence-electron chi connectivity index (χ4n) is 8.93. The third-order valence-corrected chi connectivity index (χ3v) is 9.69. The van der Waals surface area contributed by atoms with Gasteiger partial charge in [-0.15, -0.1) is 0 Å². The summed E-state index contributed by atoms with van der Waals surface area (Å²) in [6.07, 6.45) is 7.65. The Labute approximate surface area is 155 Å². The third-order valence-electron chi connectivity index (χ3n) is 9.69. The number of carbonyl (C=O) groups excluding carboxylic acids is 1. The summed E-state index contributed by atoms with van der Waals surface area (Å²) in [5.41, 5.74) is 2.70. The molecule has 3 bridgehead atoms. The molecule has 2 aliphatic heterocycles. The van der Waals surface area contributed by atoms with Crippen LogP contribution >= 0.6 is 0 Å². The van der Waals surface area contributed by atoms with Crippen LogP contribution in [0.25, 0.3) is 0 Å². The minimum Gasteiger partial charge on any atom is -0.341 e. The number of amides is 1. The van der Waals surface area contributed by atoms with Crippen molar-refractivity contribution in [1.82, 2.24) is 10.2 Å². The monoisotopic (exact) mass is 348 g/mol. The fourth-order valence-corrected chi connectivity index (χ4v) is 8.93. The topological polar surface area (TPSA) is 32.3 Å². The zero-order valence-electron chi connectivity index (χ0n) is 15.5. The highest BCUT2D eigenvalue weighted by Gasteiger charge is 2.80. The Kier molecular flexibility index (Phi) is 2.38. The zero-order valence-corrected chi connectivity index (χ0v) is 15.5. The Balaban J connectivity index is 1.27. The van der Waals surface area contributed by atoms with Crippen LogP contribution in [0, 0.1) is 28.1 Å². The Hall–Kier alpha value is -1.35. The second-order valence-corrected chi connectivity index (χ2v) is 10.9. The molecule has 1 amide bonds. The van der Waals surface area contributed by atoms with Crippen LogP contribution in [0.1, 0.15) is 44.1 Å². The lowest BCUT2D eigenvalue weighted by Crippen LogP contribution is -2.73. The summed E-state index contributed by atoms with van der Waals surface area (Å²) in [5, 5.41) is 3.40. The van der Waals surface area contributed by atoms with Gasteiger partial charge in [0.15, 0.2) is 0 Å². The number of carbonyl (C=O) groups is 1. The highest BCUT2D eigenvalue weighted by Crippen LogP contribution is 2.84. The number of benzene rings is 1. The van der Waals surface area contributed by atoms with Crippen molar-refractivity contribution in [3.8, 4) is 0 Å². The van der Waals surface area contributed by atoms with E-state index in [0.29, 0.717) is 22.2 Å². The van der Waals surface area contributed by atoms with Crippen molar-refractivity contribution in [2.75, 3.05) is 26.2 Å². The van der Waals surface area contributed by atoms with E-state index in [9.17, 15) is 4.79 Å². The van der Waals surface area contributed by atoms with E-state index in [0.717, 1.165) is 44.4 Å². The van der Waals surface area contributed by atoms with Gasteiger partial charge in [0.1, 0.15) is 0 Å². The Bertz CT molecular complexity index is 809. The molecule has 3 heteroatoms. The summed E-state index contributed by atoms with van der Waals surface area (Å²) < 4.78 is 0. The largest absolute Gasteiger partial charge is 0.341 e. The molecule has 136 valence electrons. The summed E-state index contributed by atoms with van der Waals surface area (Å²) in [4.78, 5) is 16.0. The summed E-state index contributed by atoms with van der Waals surface area (Å²) in [5.74, 6) is 2.24. The van der Waals surface area contributed by atoms with Gasteiger partial charge in [-0.25, -0.2) is 0 Å². The van der Waals surface area contributed by atoms with Crippen LogP contribution in [0.15, 0.2) is 30.3 Å². The van der Waals surface area contributed by atoms with E-state index in [4.69, 9.17) is 0 Å². The molecule has 6 aliphatic rings. The summed E-state index contributed by atoms with van der Waals surface area (Å²) in [6, 6.07) is 11.3. The Morgan fingerprint density at radius 1 is 1.04 bits per heavy atom. The fraction of sp³-hybridized carbons (Fsp3) is 0.696. The molecule has 5 unspecified atom stereocenters. The number of nitrogens with zero attached hydrogens (tertiary/aromatic N) is 1. The van der Waals surface area contributed by atoms with Gasteiger partial charge in [0.2, 0.25) is 5.91 Å². The van der Waals surface area contributed by atoms with Crippen LogP contribution in [-0.4, -0.2) is 37.0 Å². The molecule has 26 heavy (non-hydrogen) atoms. The van der Waals surface area contributed by atoms with E-state index in [2.05, 4.69) is 40.5 Å². The molecule has 4 saturated carbocycles. The molecule has 5 atom stereocenters. The van der Waals surface area contributed by atoms with E-state index in [-0.39, 0.29) is 5.41 Å². The number of nitrogens with one attached hydrogen (secondary N) is 1. The average Bonchev–Trinajstić information content (AvgIpc) is 2.88. The van der Waals surface area contributed by atoms with Crippen LogP contribution in [0.2, 0.25) is 0 Å². The molecule has 2 spiro atoms. The van der Waals surface area contributed by atoms with Crippen molar-refractivity contribution in [2.24, 2.45) is 28.1 Å². The number of rotatable bonds is 2. The second kappa shape index (κ2) is 4.22. The lowest BCUT2D eigenvalue weighted by molar-refractivity contribution is -0.160. The van der Waals surface area contributed by atoms with E-state index in [1.807, 2.05) is 0 Å². The summed E-state index contributed by atoms with van der Waals surface area (Å²) >= 11 is 0. The third kappa shape index (κ3) is 1.41. The van der Waals surface area contributed by atoms with Crippen molar-refractivity contribution in [1.29, 1.82) is 0 Å². The molecule has 0 radical (unpaired) electrons. The molecule has 6 fully saturated rings. The predicted molar refractivity (Wildman–Crippen MR) is 99.6 cm³/mol. The van der Waals surface area contributed by atoms with Gasteiger partial charge in [-0.2, -0.15) is 0 Å². The maximum Gasteiger partial charge on any atom is 0.228 e. The van der Waals surface area contributed by atoms with Gasteiger partial charge >= 0.3 is 0 Å². The Morgan fingerprint density at radius 3 is 2.58 bits per heavy atom. The quantitative estimate of drug-likeness (QED) is 0.891. The van der Waals surface area contributed by atoms with Crippen molar-refractivity contribution < 1.29 is 4.79 Å². The number of likely N-dealkylation sites (tertiary alicyclic amines) is 1. The van der Waals surface area contributed by atoms with E-state index < -0.39 is 0 Å². The highest BCUT2D eigenvalue weighted by atomic mass is 16.2. The molecule has 2 saturated heterocycles. The molecule has 1 N–H and O–H groups in total. The van der Waals surface area contributed by atoms with E-state index in [1.165, 1.54) is 37.7 Å². The zero-order chi connectivity index (χ0) is 17.2. The first-order valence-electron chi connectivity index (χ1n) is 10.6. The molecular formula is C23H28N2O. The molecular weight excluding hydrogens is 320 g/mol. The van der Waals surface area contributed by atoms with Gasteiger partial charge < -0.3 is 10.2 Å². The minimum atomic E-state index is -0.0389. The first-order valence-corrected chi connectivity index (χ1v) is 10.6. The molecule has 7 rings (SSSR count). The average molecular weight is 348 g/mol. The van der Waals surface area contributed by atoms with Crippen LogP contribution in [0.4, 0.5) is 0 Å². The normalized spacial score (nSPS) is 48.7. The van der Waals surface area contributed by atoms with Gasteiger partial charge in [0.25, 0.3) is 0 Å². The molecule has 1 aromatic carbocycles. The maximum atomic E-state index is 13.7. The second-order valence-electron chi connectivity index (χ2n) is 10.9. The SMILES string of the molecule is O=C(N1CC2(CNC2)C1)C12CC3CC4CC(c5ccccc5)(C1)C4(C3)C2. The lowest BCUT2D eigenvalue weighted by atomic mass is 9.44. The smallest absolute Gasteiger partial charge is 0.228 e. The van der Waals surface area contributed by atoms with Crippen LogP contribution in [0.3, 0.4) is 0 Å². The van der Waals surface area contributed by atoms with Crippen molar-refractivity contribution in [2.45, 2.75) is 43.9 Å². The van der Waals surface area contributed by atoms with Crippen molar-refractivity contribution in [3.63, 3.8) is 0 Å². The van der Waals surface area contributed by atoms with Crippen molar-refractivity contribution >= 4 is 5.91 Å². The van der Waals surface area contributed by atoms with Gasteiger partial charge in [-0.05, 0) is 61.3 Å². The molecule has 4 aliphatic carbocycles. The van der Waals surface area contributed by atoms with Crippen molar-refractivity contribution in [3.05, 3.63) is 35.9 Å². The number of hydrogen-bond acceptors (Lipinski definition) is 2. The maximum absolute atomic E-state index is 13.7. The summed E-state index contributed by atoms with van der Waals surface area (Å²) in [7, 11) is 0. The number of fused-ring (bicyclic) bond motifs is 2. The van der Waals surface area contributed by atoms with Crippen LogP contribution in [0.5, 0.6) is 0 Å². The summed E-state index contributed by atoms with van der Waals surface area (Å²) in [6.45, 7) is 4.26. The van der Waals surface area contributed by atoms with Crippen LogP contribution in [-0.2, 0) is 10.2 Å². The minimum absolute atomic E-state index is 0.0389. The van der Waals surface area contributed by atoms with E-state index in [1.54, 1.807) is 0 Å². The van der Waals surface area contributed by atoms with Gasteiger partial charge in [-0.1, -0.05) is 30.3 Å². The standard InChI is InChI=1S/C23H28N2O/c26-19(25-14-20(15-25)12-24-13-20)21-7-16-6-18-9-23(11-21,22(18,8-16)10-21)17-4-2-1-3-5-17/h1-5,16,18,24H,6-15H2. The molecule has 2 heterocycles. The first kappa shape index (κ1) is 14.7. The Morgan fingerprint density at radius 2 is 1.85 bits per heavy atom. The molecule has 0 aromatic heterocycles.